The van der Waals surface area contributed by atoms with E-state index in [0.717, 1.165) is 36.5 Å². The van der Waals surface area contributed by atoms with E-state index in [9.17, 15) is 9.65 Å². The predicted octanol–water partition coefficient (Wildman–Crippen LogP) is 3.41. The van der Waals surface area contributed by atoms with Crippen LogP contribution in [0.25, 0.3) is 22.5 Å². The Kier molecular flexibility index (Phi) is 5.89. The van der Waals surface area contributed by atoms with E-state index in [1.54, 1.807) is 31.6 Å². The Morgan fingerprint density at radius 3 is 2.94 bits per heavy atom. The summed E-state index contributed by atoms with van der Waals surface area (Å²) in [6, 6.07) is 6.45. The summed E-state index contributed by atoms with van der Waals surface area (Å²) >= 11 is 0. The lowest BCUT2D eigenvalue weighted by Crippen LogP contribution is -2.43. The van der Waals surface area contributed by atoms with Gasteiger partial charge in [0.1, 0.15) is 11.9 Å². The highest BCUT2D eigenvalue weighted by atomic mass is 19.1. The zero-order valence-corrected chi connectivity index (χ0v) is 19.3. The molecular weight excluding hydrogens is 443 g/mol. The molecule has 2 aliphatic rings. The first-order valence-electron chi connectivity index (χ1n) is 11.4. The zero-order chi connectivity index (χ0) is 24.5. The van der Waals surface area contributed by atoms with E-state index in [4.69, 9.17) is 16.1 Å². The summed E-state index contributed by atoms with van der Waals surface area (Å²) in [5, 5.41) is 20.4. The van der Waals surface area contributed by atoms with E-state index in [-0.39, 0.29) is 11.6 Å². The van der Waals surface area contributed by atoms with Gasteiger partial charge >= 0.3 is 0 Å². The average molecular weight is 469 g/mol. The van der Waals surface area contributed by atoms with Gasteiger partial charge in [-0.3, -0.25) is 4.40 Å². The second kappa shape index (κ2) is 9.16. The lowest BCUT2D eigenvalue weighted by molar-refractivity contribution is 0.503. The highest BCUT2D eigenvalue weighted by molar-refractivity contribution is 6.13. The van der Waals surface area contributed by atoms with Crippen molar-refractivity contribution in [2.45, 2.75) is 18.9 Å². The molecule has 0 radical (unpaired) electrons. The number of hydrogen-bond donors (Lipinski definition) is 3. The molecule has 5 rings (SSSR count). The molecule has 0 amide bonds. The largest absolute Gasteiger partial charge is 0.393 e. The van der Waals surface area contributed by atoms with Crippen molar-refractivity contribution in [1.29, 1.82) is 10.7 Å². The van der Waals surface area contributed by atoms with Gasteiger partial charge in [0.05, 0.1) is 22.7 Å². The number of rotatable bonds is 4. The summed E-state index contributed by atoms with van der Waals surface area (Å²) in [7, 11) is 1.78. The molecule has 2 aromatic heterocycles. The number of halogens is 1. The van der Waals surface area contributed by atoms with E-state index in [2.05, 4.69) is 15.2 Å². The number of nitrogens with one attached hydrogen (secondary N) is 2. The SMILES string of the molecule is CN/C=C1/C=C(c2c(-c3ccc(C#N)c(F)c3)nc3c(N4CCC[C@@H](N)C4)nccn23)C=CC1=N. The van der Waals surface area contributed by atoms with Crippen LogP contribution in [0.1, 0.15) is 24.1 Å². The van der Waals surface area contributed by atoms with Crippen LogP contribution in [0.4, 0.5) is 10.2 Å². The summed E-state index contributed by atoms with van der Waals surface area (Å²) in [5.41, 5.74) is 10.6. The molecule has 1 aliphatic heterocycles. The predicted molar refractivity (Wildman–Crippen MR) is 135 cm³/mol. The molecule has 1 saturated heterocycles. The van der Waals surface area contributed by atoms with E-state index in [1.807, 2.05) is 28.8 Å². The van der Waals surface area contributed by atoms with Crippen molar-refractivity contribution in [3.8, 4) is 17.3 Å². The molecule has 3 aromatic rings. The van der Waals surface area contributed by atoms with E-state index in [0.29, 0.717) is 34.7 Å². The average Bonchev–Trinajstić information content (AvgIpc) is 3.25. The van der Waals surface area contributed by atoms with Crippen LogP contribution in [0, 0.1) is 22.6 Å². The highest BCUT2D eigenvalue weighted by Gasteiger charge is 2.25. The molecule has 1 aromatic carbocycles. The summed E-state index contributed by atoms with van der Waals surface area (Å²) in [5.74, 6) is 0.127. The van der Waals surface area contributed by atoms with E-state index in [1.165, 1.54) is 12.1 Å². The van der Waals surface area contributed by atoms with Gasteiger partial charge in [-0.1, -0.05) is 12.1 Å². The third-order valence-electron chi connectivity index (χ3n) is 6.27. The second-order valence-electron chi connectivity index (χ2n) is 8.64. The van der Waals surface area contributed by atoms with Crippen LogP contribution in [0.2, 0.25) is 0 Å². The van der Waals surface area contributed by atoms with Crippen molar-refractivity contribution in [3.05, 3.63) is 77.7 Å². The number of allylic oxidation sites excluding steroid dienone is 5. The Morgan fingerprint density at radius 2 is 2.20 bits per heavy atom. The van der Waals surface area contributed by atoms with Gasteiger partial charge in [0.15, 0.2) is 11.5 Å². The Labute approximate surface area is 202 Å². The molecule has 0 spiro atoms. The molecule has 9 heteroatoms. The number of piperidine rings is 1. The lowest BCUT2D eigenvalue weighted by atomic mass is 9.96. The Hall–Kier alpha value is -4.29. The van der Waals surface area contributed by atoms with Gasteiger partial charge in [0, 0.05) is 61.5 Å². The highest BCUT2D eigenvalue weighted by Crippen LogP contribution is 2.35. The van der Waals surface area contributed by atoms with Crippen molar-refractivity contribution in [2.75, 3.05) is 25.0 Å². The molecule has 1 fully saturated rings. The minimum absolute atomic E-state index is 0.0202. The van der Waals surface area contributed by atoms with Crippen molar-refractivity contribution < 1.29 is 4.39 Å². The Bertz CT molecular complexity index is 1460. The number of nitrogens with zero attached hydrogens (tertiary/aromatic N) is 5. The molecule has 1 atom stereocenters. The summed E-state index contributed by atoms with van der Waals surface area (Å²) in [6.07, 6.45) is 12.8. The molecule has 0 bridgehead atoms. The van der Waals surface area contributed by atoms with Crippen LogP contribution < -0.4 is 16.0 Å². The second-order valence-corrected chi connectivity index (χ2v) is 8.64. The summed E-state index contributed by atoms with van der Waals surface area (Å²) in [6.45, 7) is 1.52. The molecule has 0 saturated carbocycles. The number of nitriles is 1. The maximum atomic E-state index is 14.6. The minimum atomic E-state index is -0.598. The number of aromatic nitrogens is 3. The Morgan fingerprint density at radius 1 is 1.34 bits per heavy atom. The molecule has 8 nitrogen and oxygen atoms in total. The first kappa shape index (κ1) is 22.5. The normalized spacial score (nSPS) is 19.2. The van der Waals surface area contributed by atoms with Crippen molar-refractivity contribution in [1.82, 2.24) is 19.7 Å². The van der Waals surface area contributed by atoms with Gasteiger partial charge in [0.2, 0.25) is 0 Å². The topological polar surface area (TPSA) is 119 Å². The van der Waals surface area contributed by atoms with Gasteiger partial charge in [0.25, 0.3) is 0 Å². The molecule has 35 heavy (non-hydrogen) atoms. The Balaban J connectivity index is 1.76. The lowest BCUT2D eigenvalue weighted by Gasteiger charge is -2.31. The quantitative estimate of drug-likeness (QED) is 0.540. The molecule has 1 aliphatic carbocycles. The van der Waals surface area contributed by atoms with Crippen LogP contribution in [-0.2, 0) is 0 Å². The fourth-order valence-corrected chi connectivity index (χ4v) is 4.60. The number of anilines is 1. The van der Waals surface area contributed by atoms with Crippen LogP contribution in [0.3, 0.4) is 0 Å². The standard InChI is InChI=1S/C26H25FN8/c1-31-14-19-11-17(6-7-22(19)30)24-23(16-4-5-18(13-28)21(27)12-16)33-26-25(32-8-10-35(24)26)34-9-2-3-20(29)15-34/h4-8,10-12,14,20,30-31H,2-3,9,15,29H2,1H3/b19-14-,30-22?/t20-/m1/s1. The first-order chi connectivity index (χ1) is 17.0. The van der Waals surface area contributed by atoms with Crippen molar-refractivity contribution >= 4 is 22.7 Å². The van der Waals surface area contributed by atoms with E-state index >= 15 is 0 Å². The van der Waals surface area contributed by atoms with Gasteiger partial charge < -0.3 is 21.4 Å². The molecular formula is C26H25FN8. The fraction of sp³-hybridized carbons (Fsp3) is 0.231. The van der Waals surface area contributed by atoms with Gasteiger partial charge in [-0.2, -0.15) is 5.26 Å². The number of nitrogens with two attached hydrogens (primary N) is 1. The summed E-state index contributed by atoms with van der Waals surface area (Å²) < 4.78 is 16.6. The van der Waals surface area contributed by atoms with Gasteiger partial charge in [-0.15, -0.1) is 0 Å². The smallest absolute Gasteiger partial charge is 0.181 e. The fourth-order valence-electron chi connectivity index (χ4n) is 4.60. The molecule has 0 unspecified atom stereocenters. The number of fused-ring (bicyclic) bond motifs is 1. The molecule has 4 N–H and O–H groups in total. The van der Waals surface area contributed by atoms with E-state index < -0.39 is 5.82 Å². The zero-order valence-electron chi connectivity index (χ0n) is 19.3. The van der Waals surface area contributed by atoms with Crippen LogP contribution in [-0.4, -0.2) is 46.3 Å². The van der Waals surface area contributed by atoms with Crippen molar-refractivity contribution in [3.63, 3.8) is 0 Å². The first-order valence-corrected chi connectivity index (χ1v) is 11.4. The molecule has 3 heterocycles. The van der Waals surface area contributed by atoms with Crippen LogP contribution in [0.15, 0.2) is 60.6 Å². The third-order valence-corrected chi connectivity index (χ3v) is 6.27. The maximum Gasteiger partial charge on any atom is 0.181 e. The molecule has 176 valence electrons. The number of benzene rings is 1. The monoisotopic (exact) mass is 468 g/mol. The van der Waals surface area contributed by atoms with Crippen LogP contribution >= 0.6 is 0 Å². The van der Waals surface area contributed by atoms with Crippen molar-refractivity contribution in [2.24, 2.45) is 5.73 Å². The van der Waals surface area contributed by atoms with Gasteiger partial charge in [-0.05, 0) is 37.1 Å². The number of hydrogen-bond acceptors (Lipinski definition) is 7. The summed E-state index contributed by atoms with van der Waals surface area (Å²) in [4.78, 5) is 11.7. The van der Waals surface area contributed by atoms with Gasteiger partial charge in [-0.25, -0.2) is 14.4 Å². The van der Waals surface area contributed by atoms with Crippen LogP contribution in [0.5, 0.6) is 0 Å². The maximum absolute atomic E-state index is 14.6. The minimum Gasteiger partial charge on any atom is -0.393 e. The number of imidazole rings is 1. The third kappa shape index (κ3) is 4.09.